The molecule has 0 aromatic carbocycles. The number of aryl methyl sites for hydroxylation is 2. The minimum absolute atomic E-state index is 0.0909. The fourth-order valence-electron chi connectivity index (χ4n) is 3.20. The van der Waals surface area contributed by atoms with Crippen molar-refractivity contribution in [3.05, 3.63) is 34.6 Å². The van der Waals surface area contributed by atoms with E-state index in [0.29, 0.717) is 11.2 Å². The summed E-state index contributed by atoms with van der Waals surface area (Å²) in [5.41, 5.74) is 1.96. The van der Waals surface area contributed by atoms with Crippen molar-refractivity contribution in [3.63, 3.8) is 0 Å². The number of nitrogens with one attached hydrogen (secondary N) is 1. The molecule has 0 radical (unpaired) electrons. The molecule has 1 N–H and O–H groups in total. The number of ether oxygens (including phenoxy) is 1. The van der Waals surface area contributed by atoms with E-state index >= 15 is 0 Å². The van der Waals surface area contributed by atoms with Crippen LogP contribution in [0.5, 0.6) is 5.75 Å². The molecule has 2 aromatic heterocycles. The third-order valence-electron chi connectivity index (χ3n) is 4.22. The highest BCUT2D eigenvalue weighted by Crippen LogP contribution is 2.27. The molecule has 7 heteroatoms. The van der Waals surface area contributed by atoms with Gasteiger partial charge >= 0.3 is 0 Å². The Morgan fingerprint density at radius 2 is 2.12 bits per heavy atom. The van der Waals surface area contributed by atoms with Gasteiger partial charge in [0.25, 0.3) is 0 Å². The summed E-state index contributed by atoms with van der Waals surface area (Å²) in [6.07, 6.45) is 3.02. The first kappa shape index (κ1) is 17.8. The first-order chi connectivity index (χ1) is 11.9. The molecule has 0 saturated carbocycles. The van der Waals surface area contributed by atoms with Gasteiger partial charge in [0, 0.05) is 67.1 Å². The number of amides is 1. The highest BCUT2D eigenvalue weighted by Gasteiger charge is 2.30. The maximum absolute atomic E-state index is 11.1. The van der Waals surface area contributed by atoms with Crippen LogP contribution in [0.1, 0.15) is 36.5 Å². The van der Waals surface area contributed by atoms with Crippen LogP contribution >= 0.6 is 11.3 Å². The molecule has 0 spiro atoms. The lowest BCUT2D eigenvalue weighted by Crippen LogP contribution is -2.27. The predicted octanol–water partition coefficient (Wildman–Crippen LogP) is 3.16. The standard InChI is InChI=1S/C18H24N4O2S/c1-11-5-15(6-12(2)20-11)24-16-7-13(3)22(9-16)10-17-8-19-18(25-17)21-14(4)23/h5-6,8,13,16H,7,9-10H2,1-4H3,(H,19,21,23)/t13-,16-/m1/s1. The average molecular weight is 360 g/mol. The molecule has 0 bridgehead atoms. The lowest BCUT2D eigenvalue weighted by molar-refractivity contribution is -0.114. The van der Waals surface area contributed by atoms with Gasteiger partial charge < -0.3 is 10.1 Å². The summed E-state index contributed by atoms with van der Waals surface area (Å²) in [7, 11) is 0. The van der Waals surface area contributed by atoms with Gasteiger partial charge in [0.15, 0.2) is 5.13 Å². The minimum atomic E-state index is -0.0909. The molecule has 25 heavy (non-hydrogen) atoms. The van der Waals surface area contributed by atoms with E-state index in [-0.39, 0.29) is 12.0 Å². The summed E-state index contributed by atoms with van der Waals surface area (Å²) in [5, 5.41) is 3.39. The zero-order valence-electron chi connectivity index (χ0n) is 15.1. The monoisotopic (exact) mass is 360 g/mol. The van der Waals surface area contributed by atoms with Gasteiger partial charge in [-0.05, 0) is 20.8 Å². The quantitative estimate of drug-likeness (QED) is 0.887. The van der Waals surface area contributed by atoms with Crippen LogP contribution in [0.25, 0.3) is 0 Å². The van der Waals surface area contributed by atoms with Crippen molar-refractivity contribution in [1.29, 1.82) is 0 Å². The van der Waals surface area contributed by atoms with Crippen LogP contribution < -0.4 is 10.1 Å². The molecular formula is C18H24N4O2S. The Bertz CT molecular complexity index is 741. The molecule has 1 fully saturated rings. The summed E-state index contributed by atoms with van der Waals surface area (Å²) in [6.45, 7) is 9.40. The fourth-order valence-corrected chi connectivity index (χ4v) is 4.08. The van der Waals surface area contributed by atoms with Crippen molar-refractivity contribution in [2.45, 2.75) is 52.8 Å². The van der Waals surface area contributed by atoms with Crippen LogP contribution in [-0.4, -0.2) is 39.5 Å². The summed E-state index contributed by atoms with van der Waals surface area (Å²) in [5.74, 6) is 0.807. The van der Waals surface area contributed by atoms with Gasteiger partial charge in [0.2, 0.25) is 5.91 Å². The molecule has 1 saturated heterocycles. The molecule has 6 nitrogen and oxygen atoms in total. The number of anilines is 1. The molecule has 1 amide bonds. The van der Waals surface area contributed by atoms with Crippen LogP contribution in [0.2, 0.25) is 0 Å². The molecule has 3 heterocycles. The molecule has 2 aromatic rings. The Kier molecular flexibility index (Phi) is 5.34. The zero-order chi connectivity index (χ0) is 18.0. The van der Waals surface area contributed by atoms with E-state index < -0.39 is 0 Å². The Morgan fingerprint density at radius 1 is 1.40 bits per heavy atom. The van der Waals surface area contributed by atoms with Crippen molar-refractivity contribution in [2.24, 2.45) is 0 Å². The highest BCUT2D eigenvalue weighted by molar-refractivity contribution is 7.15. The van der Waals surface area contributed by atoms with E-state index in [1.54, 1.807) is 0 Å². The smallest absolute Gasteiger partial charge is 0.223 e. The second kappa shape index (κ2) is 7.49. The van der Waals surface area contributed by atoms with E-state index in [4.69, 9.17) is 4.74 Å². The largest absolute Gasteiger partial charge is 0.489 e. The predicted molar refractivity (Wildman–Crippen MR) is 99.0 cm³/mol. The maximum atomic E-state index is 11.1. The van der Waals surface area contributed by atoms with Crippen LogP contribution in [0.15, 0.2) is 18.3 Å². The third-order valence-corrected chi connectivity index (χ3v) is 5.12. The highest BCUT2D eigenvalue weighted by atomic mass is 32.1. The van der Waals surface area contributed by atoms with E-state index in [1.165, 1.54) is 18.3 Å². The van der Waals surface area contributed by atoms with Crippen molar-refractivity contribution < 1.29 is 9.53 Å². The van der Waals surface area contributed by atoms with E-state index in [1.807, 2.05) is 32.2 Å². The number of hydrogen-bond donors (Lipinski definition) is 1. The zero-order valence-corrected chi connectivity index (χ0v) is 15.9. The Hall–Kier alpha value is -1.99. The second-order valence-electron chi connectivity index (χ2n) is 6.65. The van der Waals surface area contributed by atoms with E-state index in [9.17, 15) is 4.79 Å². The number of carbonyl (C=O) groups is 1. The topological polar surface area (TPSA) is 67.4 Å². The van der Waals surface area contributed by atoms with Crippen molar-refractivity contribution in [2.75, 3.05) is 11.9 Å². The van der Waals surface area contributed by atoms with Gasteiger partial charge in [-0.3, -0.25) is 14.7 Å². The van der Waals surface area contributed by atoms with E-state index in [2.05, 4.69) is 27.1 Å². The first-order valence-corrected chi connectivity index (χ1v) is 9.29. The summed E-state index contributed by atoms with van der Waals surface area (Å²) in [6, 6.07) is 4.42. The fraction of sp³-hybridized carbons (Fsp3) is 0.500. The number of pyridine rings is 1. The van der Waals surface area contributed by atoms with Crippen molar-refractivity contribution >= 4 is 22.4 Å². The number of nitrogens with zero attached hydrogens (tertiary/aromatic N) is 3. The van der Waals surface area contributed by atoms with Gasteiger partial charge in [-0.1, -0.05) is 0 Å². The van der Waals surface area contributed by atoms with Gasteiger partial charge in [0.1, 0.15) is 11.9 Å². The number of likely N-dealkylation sites (tertiary alicyclic amines) is 1. The molecule has 134 valence electrons. The molecule has 2 atom stereocenters. The number of rotatable bonds is 5. The molecule has 1 aliphatic heterocycles. The van der Waals surface area contributed by atoms with Gasteiger partial charge in [-0.2, -0.15) is 0 Å². The number of thiazole rings is 1. The second-order valence-corrected chi connectivity index (χ2v) is 7.77. The van der Waals surface area contributed by atoms with Crippen LogP contribution in [0.4, 0.5) is 5.13 Å². The van der Waals surface area contributed by atoms with Gasteiger partial charge in [-0.25, -0.2) is 4.98 Å². The van der Waals surface area contributed by atoms with Crippen LogP contribution in [0, 0.1) is 13.8 Å². The van der Waals surface area contributed by atoms with Crippen molar-refractivity contribution in [1.82, 2.24) is 14.9 Å². The lowest BCUT2D eigenvalue weighted by Gasteiger charge is -2.19. The molecule has 0 aliphatic carbocycles. The Balaban J connectivity index is 1.59. The van der Waals surface area contributed by atoms with E-state index in [0.717, 1.165) is 41.5 Å². The number of aromatic nitrogens is 2. The average Bonchev–Trinajstić information content (AvgIpc) is 3.05. The molecule has 3 rings (SSSR count). The first-order valence-electron chi connectivity index (χ1n) is 8.47. The summed E-state index contributed by atoms with van der Waals surface area (Å²) in [4.78, 5) is 23.3. The minimum Gasteiger partial charge on any atom is -0.489 e. The SMILES string of the molecule is CC(=O)Nc1ncc(CN2C[C@H](Oc3cc(C)nc(C)c3)C[C@H]2C)s1. The number of hydrogen-bond acceptors (Lipinski definition) is 6. The summed E-state index contributed by atoms with van der Waals surface area (Å²) >= 11 is 1.53. The molecule has 0 unspecified atom stereocenters. The maximum Gasteiger partial charge on any atom is 0.223 e. The third kappa shape index (κ3) is 4.76. The van der Waals surface area contributed by atoms with Crippen molar-refractivity contribution in [3.8, 4) is 5.75 Å². The van der Waals surface area contributed by atoms with Crippen LogP contribution in [0.3, 0.4) is 0 Å². The van der Waals surface area contributed by atoms with Crippen LogP contribution in [-0.2, 0) is 11.3 Å². The molecular weight excluding hydrogens is 336 g/mol. The Labute approximate surface area is 152 Å². The lowest BCUT2D eigenvalue weighted by atomic mass is 10.2. The van der Waals surface area contributed by atoms with Gasteiger partial charge in [-0.15, -0.1) is 11.3 Å². The van der Waals surface area contributed by atoms with Gasteiger partial charge in [0.05, 0.1) is 0 Å². The molecule has 1 aliphatic rings. The normalized spacial score (nSPS) is 20.6. The number of carbonyl (C=O) groups excluding carboxylic acids is 1. The summed E-state index contributed by atoms with van der Waals surface area (Å²) < 4.78 is 6.18. The Morgan fingerprint density at radius 3 is 2.80 bits per heavy atom.